The van der Waals surface area contributed by atoms with Gasteiger partial charge in [0.05, 0.1) is 32.4 Å². The van der Waals surface area contributed by atoms with Crippen LogP contribution >= 0.6 is 24.0 Å². The number of methoxy groups -OCH3 is 2. The lowest BCUT2D eigenvalue weighted by molar-refractivity contribution is 0.394. The summed E-state index contributed by atoms with van der Waals surface area (Å²) in [6.07, 6.45) is 0.940. The Morgan fingerprint density at radius 2 is 1.94 bits per heavy atom. The number of hydrogen-bond donors (Lipinski definition) is 2. The molecular formula is C23H29FIN5O2. The van der Waals surface area contributed by atoms with Crippen molar-refractivity contribution in [1.82, 2.24) is 10.6 Å². The first-order valence-corrected chi connectivity index (χ1v) is 10.3. The molecule has 9 heteroatoms. The number of nitriles is 1. The Bertz CT molecular complexity index is 957. The predicted octanol–water partition coefficient (Wildman–Crippen LogP) is 3.67. The van der Waals surface area contributed by atoms with E-state index in [4.69, 9.17) is 14.7 Å². The van der Waals surface area contributed by atoms with Gasteiger partial charge in [0.1, 0.15) is 17.3 Å². The molecule has 1 saturated heterocycles. The number of aliphatic imine (C=N–C) groups is 1. The SMILES string of the molecule is CCNC(=NCc1ccc(C#N)cc1F)NC1CCN(c2cc(OC)cc(OC)c2)C1.I. The number of rotatable bonds is 7. The van der Waals surface area contributed by atoms with Crippen LogP contribution in [-0.2, 0) is 6.54 Å². The molecule has 1 atom stereocenters. The summed E-state index contributed by atoms with van der Waals surface area (Å²) in [6.45, 7) is 4.56. The topological polar surface area (TPSA) is 81.9 Å². The van der Waals surface area contributed by atoms with Gasteiger partial charge in [0, 0.05) is 55.1 Å². The Balaban J connectivity index is 0.00000363. The number of nitrogens with one attached hydrogen (secondary N) is 2. The highest BCUT2D eigenvalue weighted by molar-refractivity contribution is 14.0. The first kappa shape index (κ1) is 25.5. The van der Waals surface area contributed by atoms with Crippen LogP contribution in [0.4, 0.5) is 10.1 Å². The molecule has 172 valence electrons. The van der Waals surface area contributed by atoms with Gasteiger partial charge in [0.15, 0.2) is 5.96 Å². The minimum absolute atomic E-state index is 0. The normalized spacial score (nSPS) is 15.5. The van der Waals surface area contributed by atoms with Crippen molar-refractivity contribution in [2.75, 3.05) is 38.8 Å². The molecule has 3 rings (SSSR count). The van der Waals surface area contributed by atoms with Gasteiger partial charge in [-0.15, -0.1) is 24.0 Å². The summed E-state index contributed by atoms with van der Waals surface area (Å²) >= 11 is 0. The molecule has 0 spiro atoms. The molecule has 0 aromatic heterocycles. The Morgan fingerprint density at radius 3 is 2.53 bits per heavy atom. The molecular weight excluding hydrogens is 524 g/mol. The zero-order valence-corrected chi connectivity index (χ0v) is 20.9. The van der Waals surface area contributed by atoms with Gasteiger partial charge in [0.25, 0.3) is 0 Å². The van der Waals surface area contributed by atoms with Crippen LogP contribution in [0.3, 0.4) is 0 Å². The largest absolute Gasteiger partial charge is 0.497 e. The van der Waals surface area contributed by atoms with E-state index in [-0.39, 0.29) is 36.6 Å². The van der Waals surface area contributed by atoms with E-state index in [0.29, 0.717) is 23.6 Å². The molecule has 1 aliphatic rings. The molecule has 2 N–H and O–H groups in total. The van der Waals surface area contributed by atoms with Crippen molar-refractivity contribution < 1.29 is 13.9 Å². The first-order valence-electron chi connectivity index (χ1n) is 10.3. The van der Waals surface area contributed by atoms with Crippen LogP contribution in [0, 0.1) is 17.1 Å². The fourth-order valence-corrected chi connectivity index (χ4v) is 3.51. The number of nitrogens with zero attached hydrogens (tertiary/aromatic N) is 3. The van der Waals surface area contributed by atoms with E-state index in [1.165, 1.54) is 6.07 Å². The average Bonchev–Trinajstić information content (AvgIpc) is 3.26. The Labute approximate surface area is 205 Å². The summed E-state index contributed by atoms with van der Waals surface area (Å²) < 4.78 is 24.9. The van der Waals surface area contributed by atoms with Crippen LogP contribution in [0.5, 0.6) is 11.5 Å². The van der Waals surface area contributed by atoms with Crippen molar-refractivity contribution >= 4 is 35.6 Å². The summed E-state index contributed by atoms with van der Waals surface area (Å²) in [5.74, 6) is 1.73. The fraction of sp³-hybridized carbons (Fsp3) is 0.391. The van der Waals surface area contributed by atoms with Crippen LogP contribution in [0.1, 0.15) is 24.5 Å². The summed E-state index contributed by atoms with van der Waals surface area (Å²) in [5, 5.41) is 15.5. The molecule has 2 aromatic rings. The van der Waals surface area contributed by atoms with Crippen molar-refractivity contribution in [2.24, 2.45) is 4.99 Å². The number of anilines is 1. The molecule has 0 amide bonds. The maximum Gasteiger partial charge on any atom is 0.191 e. The lowest BCUT2D eigenvalue weighted by Gasteiger charge is -2.21. The first-order chi connectivity index (χ1) is 15.1. The van der Waals surface area contributed by atoms with Crippen molar-refractivity contribution in [3.63, 3.8) is 0 Å². The van der Waals surface area contributed by atoms with Crippen LogP contribution in [0.25, 0.3) is 0 Å². The van der Waals surface area contributed by atoms with Gasteiger partial charge in [-0.3, -0.25) is 0 Å². The van der Waals surface area contributed by atoms with E-state index < -0.39 is 5.82 Å². The van der Waals surface area contributed by atoms with Gasteiger partial charge in [-0.1, -0.05) is 6.07 Å². The zero-order chi connectivity index (χ0) is 22.2. The standard InChI is InChI=1S/C23H28FN5O2.HI/c1-4-26-23(27-14-17-6-5-16(13-25)9-22(17)24)28-18-7-8-29(15-18)19-10-20(30-2)12-21(11-19)31-3;/h5-6,9-12,18H,4,7-8,14-15H2,1-3H3,(H2,26,27,28);1H. The highest BCUT2D eigenvalue weighted by Gasteiger charge is 2.24. The molecule has 0 radical (unpaired) electrons. The van der Waals surface area contributed by atoms with E-state index in [2.05, 4.69) is 20.5 Å². The highest BCUT2D eigenvalue weighted by atomic mass is 127. The van der Waals surface area contributed by atoms with Crippen molar-refractivity contribution in [3.05, 3.63) is 53.3 Å². The monoisotopic (exact) mass is 553 g/mol. The maximum absolute atomic E-state index is 14.2. The molecule has 2 aromatic carbocycles. The lowest BCUT2D eigenvalue weighted by Crippen LogP contribution is -2.44. The summed E-state index contributed by atoms with van der Waals surface area (Å²) in [4.78, 5) is 6.80. The van der Waals surface area contributed by atoms with Gasteiger partial charge in [-0.05, 0) is 25.5 Å². The van der Waals surface area contributed by atoms with Gasteiger partial charge in [-0.2, -0.15) is 5.26 Å². The summed E-state index contributed by atoms with van der Waals surface area (Å²) in [7, 11) is 3.28. The second-order valence-corrected chi connectivity index (χ2v) is 7.26. The third kappa shape index (κ3) is 6.63. The highest BCUT2D eigenvalue weighted by Crippen LogP contribution is 2.30. The molecule has 0 saturated carbocycles. The van der Waals surface area contributed by atoms with E-state index in [9.17, 15) is 4.39 Å². The molecule has 32 heavy (non-hydrogen) atoms. The van der Waals surface area contributed by atoms with Gasteiger partial charge in [0.2, 0.25) is 0 Å². The van der Waals surface area contributed by atoms with E-state index in [0.717, 1.165) is 36.7 Å². The molecule has 1 heterocycles. The number of guanidine groups is 1. The third-order valence-electron chi connectivity index (χ3n) is 5.16. The zero-order valence-electron chi connectivity index (χ0n) is 18.5. The molecule has 0 bridgehead atoms. The third-order valence-corrected chi connectivity index (χ3v) is 5.16. The number of halogens is 2. The molecule has 7 nitrogen and oxygen atoms in total. The Morgan fingerprint density at radius 1 is 1.22 bits per heavy atom. The molecule has 1 unspecified atom stereocenters. The summed E-state index contributed by atoms with van der Waals surface area (Å²) in [6, 6.07) is 12.4. The predicted molar refractivity (Wildman–Crippen MR) is 135 cm³/mol. The van der Waals surface area contributed by atoms with Crippen molar-refractivity contribution in [1.29, 1.82) is 5.26 Å². The smallest absolute Gasteiger partial charge is 0.191 e. The van der Waals surface area contributed by atoms with Gasteiger partial charge in [-0.25, -0.2) is 9.38 Å². The maximum atomic E-state index is 14.2. The van der Waals surface area contributed by atoms with E-state index >= 15 is 0 Å². The van der Waals surface area contributed by atoms with E-state index in [1.807, 2.05) is 31.2 Å². The quantitative estimate of drug-likeness (QED) is 0.310. The van der Waals surface area contributed by atoms with Crippen molar-refractivity contribution in [3.8, 4) is 17.6 Å². The van der Waals surface area contributed by atoms with Crippen LogP contribution in [0.15, 0.2) is 41.4 Å². The minimum Gasteiger partial charge on any atom is -0.497 e. The molecule has 1 aliphatic heterocycles. The number of ether oxygens (including phenoxy) is 2. The van der Waals surface area contributed by atoms with E-state index in [1.54, 1.807) is 26.4 Å². The second-order valence-electron chi connectivity index (χ2n) is 7.26. The number of hydrogen-bond acceptors (Lipinski definition) is 5. The van der Waals surface area contributed by atoms with Gasteiger partial charge >= 0.3 is 0 Å². The van der Waals surface area contributed by atoms with Crippen molar-refractivity contribution in [2.45, 2.75) is 25.9 Å². The number of benzene rings is 2. The molecule has 0 aliphatic carbocycles. The lowest BCUT2D eigenvalue weighted by atomic mass is 10.1. The second kappa shape index (κ2) is 12.3. The Kier molecular flexibility index (Phi) is 9.84. The minimum atomic E-state index is -0.419. The van der Waals surface area contributed by atoms with Crippen LogP contribution in [0.2, 0.25) is 0 Å². The van der Waals surface area contributed by atoms with Gasteiger partial charge < -0.3 is 25.0 Å². The van der Waals surface area contributed by atoms with Crippen LogP contribution < -0.4 is 25.0 Å². The molecule has 1 fully saturated rings. The fourth-order valence-electron chi connectivity index (χ4n) is 3.51. The van der Waals surface area contributed by atoms with Crippen LogP contribution in [-0.4, -0.2) is 45.9 Å². The average molecular weight is 553 g/mol. The Hall–Kier alpha value is -2.74. The summed E-state index contributed by atoms with van der Waals surface area (Å²) in [5.41, 5.74) is 1.80.